The second kappa shape index (κ2) is 7.83. The lowest BCUT2D eigenvalue weighted by Gasteiger charge is -2.42. The minimum atomic E-state index is -1.82. The van der Waals surface area contributed by atoms with Gasteiger partial charge in [-0.05, 0) is 56.3 Å². The van der Waals surface area contributed by atoms with Crippen LogP contribution in [0.3, 0.4) is 0 Å². The van der Waals surface area contributed by atoms with E-state index in [9.17, 15) is 9.90 Å². The average molecular weight is 378 g/mol. The predicted molar refractivity (Wildman–Crippen MR) is 108 cm³/mol. The zero-order valence-electron chi connectivity index (χ0n) is 17.1. The lowest BCUT2D eigenvalue weighted by Crippen LogP contribution is -2.52. The summed E-state index contributed by atoms with van der Waals surface area (Å²) in [6.07, 6.45) is 2.53. The number of benzene rings is 1. The van der Waals surface area contributed by atoms with Crippen LogP contribution in [0.1, 0.15) is 65.0 Å². The molecule has 1 amide bonds. The third kappa shape index (κ3) is 4.96. The molecule has 1 atom stereocenters. The maximum atomic E-state index is 12.7. The SMILES string of the molecule is CC(NC(=O)C1(O)CCC(O[Si](C)(C)C(C)(C)C)CC1)c1ccccc1. The van der Waals surface area contributed by atoms with E-state index in [0.29, 0.717) is 12.8 Å². The van der Waals surface area contributed by atoms with E-state index in [0.717, 1.165) is 18.4 Å². The van der Waals surface area contributed by atoms with Gasteiger partial charge in [0.2, 0.25) is 0 Å². The first-order valence-corrected chi connectivity index (χ1v) is 12.6. The lowest BCUT2D eigenvalue weighted by atomic mass is 9.82. The summed E-state index contributed by atoms with van der Waals surface area (Å²) >= 11 is 0. The summed E-state index contributed by atoms with van der Waals surface area (Å²) in [4.78, 5) is 12.7. The van der Waals surface area contributed by atoms with Crippen molar-refractivity contribution in [3.63, 3.8) is 0 Å². The van der Waals surface area contributed by atoms with Crippen molar-refractivity contribution in [2.75, 3.05) is 0 Å². The summed E-state index contributed by atoms with van der Waals surface area (Å²) in [6.45, 7) is 13.2. The molecule has 1 aromatic carbocycles. The van der Waals surface area contributed by atoms with Crippen molar-refractivity contribution in [3.8, 4) is 0 Å². The van der Waals surface area contributed by atoms with Gasteiger partial charge < -0.3 is 14.8 Å². The van der Waals surface area contributed by atoms with Gasteiger partial charge in [-0.15, -0.1) is 0 Å². The van der Waals surface area contributed by atoms with Crippen LogP contribution in [-0.4, -0.2) is 31.0 Å². The smallest absolute Gasteiger partial charge is 0.252 e. The number of aliphatic hydroxyl groups is 1. The van der Waals surface area contributed by atoms with Crippen molar-refractivity contribution in [3.05, 3.63) is 35.9 Å². The fourth-order valence-electron chi connectivity index (χ4n) is 3.16. The minimum absolute atomic E-state index is 0.117. The van der Waals surface area contributed by atoms with Crippen LogP contribution in [0, 0.1) is 0 Å². The van der Waals surface area contributed by atoms with Crippen molar-refractivity contribution in [2.45, 2.75) is 89.3 Å². The maximum absolute atomic E-state index is 12.7. The Morgan fingerprint density at radius 3 is 2.27 bits per heavy atom. The Bertz CT molecular complexity index is 601. The average Bonchev–Trinajstić information content (AvgIpc) is 2.56. The van der Waals surface area contributed by atoms with Gasteiger partial charge in [-0.3, -0.25) is 4.79 Å². The molecule has 0 aromatic heterocycles. The van der Waals surface area contributed by atoms with Crippen LogP contribution in [0.4, 0.5) is 0 Å². The quantitative estimate of drug-likeness (QED) is 0.740. The van der Waals surface area contributed by atoms with Gasteiger partial charge in [0.25, 0.3) is 5.91 Å². The molecule has 1 fully saturated rings. The van der Waals surface area contributed by atoms with E-state index in [-0.39, 0.29) is 23.1 Å². The van der Waals surface area contributed by atoms with Crippen LogP contribution >= 0.6 is 0 Å². The van der Waals surface area contributed by atoms with Crippen LogP contribution in [-0.2, 0) is 9.22 Å². The summed E-state index contributed by atoms with van der Waals surface area (Å²) in [5.41, 5.74) is -0.240. The monoisotopic (exact) mass is 377 g/mol. The summed E-state index contributed by atoms with van der Waals surface area (Å²) in [5.74, 6) is -0.264. The first-order valence-electron chi connectivity index (χ1n) is 9.71. The van der Waals surface area contributed by atoms with Gasteiger partial charge in [0.1, 0.15) is 5.60 Å². The molecule has 0 aliphatic heterocycles. The van der Waals surface area contributed by atoms with Gasteiger partial charge in [0.05, 0.1) is 6.04 Å². The molecule has 1 unspecified atom stereocenters. The molecular weight excluding hydrogens is 342 g/mol. The number of hydrogen-bond donors (Lipinski definition) is 2. The molecule has 1 aliphatic rings. The van der Waals surface area contributed by atoms with Crippen molar-refractivity contribution < 1.29 is 14.3 Å². The first-order chi connectivity index (χ1) is 11.9. The highest BCUT2D eigenvalue weighted by atomic mass is 28.4. The molecule has 0 radical (unpaired) electrons. The van der Waals surface area contributed by atoms with Gasteiger partial charge in [0.15, 0.2) is 8.32 Å². The van der Waals surface area contributed by atoms with Gasteiger partial charge in [0, 0.05) is 6.10 Å². The predicted octanol–water partition coefficient (Wildman–Crippen LogP) is 4.56. The first kappa shape index (κ1) is 21.1. The molecule has 0 spiro atoms. The van der Waals surface area contributed by atoms with E-state index in [1.165, 1.54) is 0 Å². The molecule has 2 N–H and O–H groups in total. The normalized spacial score (nSPS) is 25.6. The molecule has 2 rings (SSSR count). The molecule has 0 bridgehead atoms. The number of amides is 1. The van der Waals surface area contributed by atoms with Gasteiger partial charge in [-0.2, -0.15) is 0 Å². The Balaban J connectivity index is 1.91. The second-order valence-electron chi connectivity index (χ2n) is 9.21. The van der Waals surface area contributed by atoms with Crippen molar-refractivity contribution >= 4 is 14.2 Å². The Hall–Kier alpha value is -1.17. The van der Waals surface area contributed by atoms with Crippen LogP contribution < -0.4 is 5.32 Å². The summed E-state index contributed by atoms with van der Waals surface area (Å²) in [6, 6.07) is 9.72. The third-order valence-corrected chi connectivity index (χ3v) is 10.6. The summed E-state index contributed by atoms with van der Waals surface area (Å²) in [5, 5.41) is 14.0. The highest BCUT2D eigenvalue weighted by molar-refractivity contribution is 6.74. The number of carbonyl (C=O) groups excluding carboxylic acids is 1. The number of carbonyl (C=O) groups is 1. The summed E-state index contributed by atoms with van der Waals surface area (Å²) < 4.78 is 6.46. The molecule has 1 aliphatic carbocycles. The zero-order valence-corrected chi connectivity index (χ0v) is 18.1. The minimum Gasteiger partial charge on any atom is -0.414 e. The maximum Gasteiger partial charge on any atom is 0.252 e. The molecule has 4 nitrogen and oxygen atoms in total. The molecule has 146 valence electrons. The highest BCUT2D eigenvalue weighted by Gasteiger charge is 2.44. The second-order valence-corrected chi connectivity index (χ2v) is 14.0. The Kier molecular flexibility index (Phi) is 6.36. The molecule has 0 heterocycles. The third-order valence-electron chi connectivity index (χ3n) is 6.10. The van der Waals surface area contributed by atoms with Gasteiger partial charge in [-0.1, -0.05) is 51.1 Å². The van der Waals surface area contributed by atoms with Crippen molar-refractivity contribution in [1.82, 2.24) is 5.32 Å². The molecule has 26 heavy (non-hydrogen) atoms. The number of hydrogen-bond acceptors (Lipinski definition) is 3. The Morgan fingerprint density at radius 2 is 1.77 bits per heavy atom. The van der Waals surface area contributed by atoms with E-state index in [1.54, 1.807) is 0 Å². The topological polar surface area (TPSA) is 58.6 Å². The zero-order chi connectivity index (χ0) is 19.6. The van der Waals surface area contributed by atoms with Gasteiger partial charge >= 0.3 is 0 Å². The van der Waals surface area contributed by atoms with E-state index >= 15 is 0 Å². The Morgan fingerprint density at radius 1 is 1.23 bits per heavy atom. The van der Waals surface area contributed by atoms with E-state index in [1.807, 2.05) is 37.3 Å². The van der Waals surface area contributed by atoms with Crippen molar-refractivity contribution in [2.24, 2.45) is 0 Å². The lowest BCUT2D eigenvalue weighted by molar-refractivity contribution is -0.145. The van der Waals surface area contributed by atoms with Crippen LogP contribution in [0.5, 0.6) is 0 Å². The largest absolute Gasteiger partial charge is 0.414 e. The van der Waals surface area contributed by atoms with Crippen LogP contribution in [0.15, 0.2) is 30.3 Å². The molecule has 1 saturated carbocycles. The fraction of sp³-hybridized carbons (Fsp3) is 0.667. The molecular formula is C21H35NO3Si. The molecule has 0 saturated heterocycles. The number of nitrogens with one attached hydrogen (secondary N) is 1. The van der Waals surface area contributed by atoms with Crippen LogP contribution in [0.2, 0.25) is 18.1 Å². The molecule has 5 heteroatoms. The Labute approximate surface area is 159 Å². The highest BCUT2D eigenvalue weighted by Crippen LogP contribution is 2.40. The standard InChI is InChI=1S/C21H35NO3Si/c1-16(17-10-8-7-9-11-17)22-19(23)21(24)14-12-18(13-15-21)25-26(5,6)20(2,3)4/h7-11,16,18,24H,12-15H2,1-6H3,(H,22,23). The van der Waals surface area contributed by atoms with E-state index in [2.05, 4.69) is 39.2 Å². The molecule has 1 aromatic rings. The van der Waals surface area contributed by atoms with E-state index < -0.39 is 13.9 Å². The fourth-order valence-corrected chi connectivity index (χ4v) is 4.59. The number of rotatable bonds is 5. The van der Waals surface area contributed by atoms with Gasteiger partial charge in [-0.25, -0.2) is 0 Å². The van der Waals surface area contributed by atoms with Crippen molar-refractivity contribution in [1.29, 1.82) is 0 Å². The summed E-state index contributed by atoms with van der Waals surface area (Å²) in [7, 11) is -1.82. The van der Waals surface area contributed by atoms with Crippen LogP contribution in [0.25, 0.3) is 0 Å². The van der Waals surface area contributed by atoms with E-state index in [4.69, 9.17) is 4.43 Å².